The molecular weight excluding hydrogens is 386 g/mol. The molecule has 126 valence electrons. The van der Waals surface area contributed by atoms with Gasteiger partial charge in [0.2, 0.25) is 0 Å². The van der Waals surface area contributed by atoms with Crippen molar-refractivity contribution in [1.82, 2.24) is 9.88 Å². The highest BCUT2D eigenvalue weighted by Crippen LogP contribution is 2.34. The average molecular weight is 407 g/mol. The van der Waals surface area contributed by atoms with E-state index < -0.39 is 0 Å². The van der Waals surface area contributed by atoms with Gasteiger partial charge in [0, 0.05) is 36.3 Å². The van der Waals surface area contributed by atoms with Gasteiger partial charge in [-0.25, -0.2) is 4.98 Å². The Hall–Kier alpha value is -1.10. The van der Waals surface area contributed by atoms with Crippen LogP contribution in [0.25, 0.3) is 0 Å². The van der Waals surface area contributed by atoms with E-state index in [1.807, 2.05) is 12.1 Å². The van der Waals surface area contributed by atoms with Crippen molar-refractivity contribution in [2.24, 2.45) is 5.92 Å². The number of piperidine rings is 1. The van der Waals surface area contributed by atoms with Gasteiger partial charge in [0.25, 0.3) is 0 Å². The first-order chi connectivity index (χ1) is 11.7. The maximum Gasteiger partial charge on any atom is 0.128 e. The minimum absolute atomic E-state index is 0.621. The molecule has 0 saturated carbocycles. The van der Waals surface area contributed by atoms with Crippen LogP contribution in [0.2, 0.25) is 5.02 Å². The molecule has 0 radical (unpaired) electrons. The SMILES string of the molecule is Clc1ccc(N2CCC3CCN(Cc4cccc(Br)c4)C3C2)nc1. The van der Waals surface area contributed by atoms with E-state index in [9.17, 15) is 0 Å². The molecule has 24 heavy (non-hydrogen) atoms. The summed E-state index contributed by atoms with van der Waals surface area (Å²) in [5.74, 6) is 1.87. The second-order valence-electron chi connectivity index (χ2n) is 6.79. The Bertz CT molecular complexity index is 706. The van der Waals surface area contributed by atoms with Crippen molar-refractivity contribution in [3.63, 3.8) is 0 Å². The van der Waals surface area contributed by atoms with Crippen LogP contribution in [-0.2, 0) is 6.54 Å². The van der Waals surface area contributed by atoms with Crippen LogP contribution in [0.4, 0.5) is 5.82 Å². The molecule has 2 saturated heterocycles. The molecule has 2 atom stereocenters. The van der Waals surface area contributed by atoms with Crippen LogP contribution in [-0.4, -0.2) is 35.6 Å². The summed E-state index contributed by atoms with van der Waals surface area (Å²) < 4.78 is 1.16. The number of benzene rings is 1. The smallest absolute Gasteiger partial charge is 0.128 e. The van der Waals surface area contributed by atoms with Gasteiger partial charge < -0.3 is 4.90 Å². The monoisotopic (exact) mass is 405 g/mol. The summed E-state index contributed by atoms with van der Waals surface area (Å²) in [5, 5.41) is 0.700. The van der Waals surface area contributed by atoms with E-state index in [0.717, 1.165) is 35.8 Å². The number of fused-ring (bicyclic) bond motifs is 1. The van der Waals surface area contributed by atoms with Gasteiger partial charge in [-0.1, -0.05) is 39.7 Å². The summed E-state index contributed by atoms with van der Waals surface area (Å²) >= 11 is 9.55. The molecule has 1 aromatic carbocycles. The van der Waals surface area contributed by atoms with Crippen LogP contribution >= 0.6 is 27.5 Å². The molecule has 2 fully saturated rings. The zero-order valence-corrected chi connectivity index (χ0v) is 15.9. The summed E-state index contributed by atoms with van der Waals surface area (Å²) in [7, 11) is 0. The van der Waals surface area contributed by atoms with E-state index in [1.165, 1.54) is 24.9 Å². The number of nitrogens with zero attached hydrogens (tertiary/aromatic N) is 3. The molecule has 0 aliphatic carbocycles. The highest BCUT2D eigenvalue weighted by atomic mass is 79.9. The highest BCUT2D eigenvalue weighted by molar-refractivity contribution is 9.10. The lowest BCUT2D eigenvalue weighted by Crippen LogP contribution is -2.48. The summed E-state index contributed by atoms with van der Waals surface area (Å²) in [4.78, 5) is 9.57. The first kappa shape index (κ1) is 16.4. The molecule has 0 bridgehead atoms. The fourth-order valence-corrected chi connectivity index (χ4v) is 4.62. The van der Waals surface area contributed by atoms with E-state index in [1.54, 1.807) is 6.20 Å². The molecular formula is C19H21BrClN3. The maximum absolute atomic E-state index is 5.97. The number of hydrogen-bond acceptors (Lipinski definition) is 3. The van der Waals surface area contributed by atoms with Gasteiger partial charge in [-0.3, -0.25) is 4.90 Å². The summed E-state index contributed by atoms with van der Waals surface area (Å²) in [6.07, 6.45) is 4.32. The van der Waals surface area contributed by atoms with Gasteiger partial charge in [0.1, 0.15) is 5.82 Å². The molecule has 1 aromatic heterocycles. The molecule has 3 nitrogen and oxygen atoms in total. The Balaban J connectivity index is 1.48. The van der Waals surface area contributed by atoms with Crippen molar-refractivity contribution in [3.8, 4) is 0 Å². The number of pyridine rings is 1. The summed E-state index contributed by atoms with van der Waals surface area (Å²) in [6.45, 7) is 4.39. The molecule has 5 heteroatoms. The van der Waals surface area contributed by atoms with Gasteiger partial charge in [-0.2, -0.15) is 0 Å². The van der Waals surface area contributed by atoms with Gasteiger partial charge in [-0.15, -0.1) is 0 Å². The van der Waals surface area contributed by atoms with Crippen molar-refractivity contribution in [2.45, 2.75) is 25.4 Å². The molecule has 0 N–H and O–H groups in total. The molecule has 4 rings (SSSR count). The van der Waals surface area contributed by atoms with Crippen LogP contribution < -0.4 is 4.90 Å². The van der Waals surface area contributed by atoms with Crippen molar-refractivity contribution < 1.29 is 0 Å². The third-order valence-corrected chi connectivity index (χ3v) is 6.00. The fraction of sp³-hybridized carbons (Fsp3) is 0.421. The van der Waals surface area contributed by atoms with Crippen molar-refractivity contribution in [2.75, 3.05) is 24.5 Å². The Morgan fingerprint density at radius 2 is 2.04 bits per heavy atom. The third-order valence-electron chi connectivity index (χ3n) is 5.29. The molecule has 2 aliphatic heterocycles. The lowest BCUT2D eigenvalue weighted by molar-refractivity contribution is 0.200. The topological polar surface area (TPSA) is 19.4 Å². The Morgan fingerprint density at radius 3 is 2.83 bits per heavy atom. The van der Waals surface area contributed by atoms with Crippen LogP contribution in [0, 0.1) is 5.92 Å². The minimum atomic E-state index is 0.621. The minimum Gasteiger partial charge on any atom is -0.355 e. The largest absolute Gasteiger partial charge is 0.355 e. The molecule has 3 heterocycles. The lowest BCUT2D eigenvalue weighted by atomic mass is 9.92. The standard InChI is InChI=1S/C19H21BrClN3/c20-16-3-1-2-14(10-16)12-23-8-6-15-7-9-24(13-18(15)23)19-5-4-17(21)11-22-19/h1-5,10-11,15,18H,6-9,12-13H2. The molecule has 0 spiro atoms. The highest BCUT2D eigenvalue weighted by Gasteiger charge is 2.38. The number of halogens is 2. The first-order valence-corrected chi connectivity index (χ1v) is 9.71. The fourth-order valence-electron chi connectivity index (χ4n) is 4.06. The van der Waals surface area contributed by atoms with Gasteiger partial charge in [-0.05, 0) is 55.1 Å². The Morgan fingerprint density at radius 1 is 1.17 bits per heavy atom. The molecule has 2 aromatic rings. The Kier molecular flexibility index (Phi) is 4.79. The third kappa shape index (κ3) is 3.46. The Labute approximate surface area is 156 Å². The van der Waals surface area contributed by atoms with Crippen LogP contribution in [0.5, 0.6) is 0 Å². The van der Waals surface area contributed by atoms with E-state index >= 15 is 0 Å². The number of rotatable bonds is 3. The molecule has 2 aliphatic rings. The predicted molar refractivity (Wildman–Crippen MR) is 103 cm³/mol. The van der Waals surface area contributed by atoms with Gasteiger partial charge in [0.15, 0.2) is 0 Å². The molecule has 2 unspecified atom stereocenters. The van der Waals surface area contributed by atoms with Crippen LogP contribution in [0.3, 0.4) is 0 Å². The first-order valence-electron chi connectivity index (χ1n) is 8.54. The zero-order chi connectivity index (χ0) is 16.5. The lowest BCUT2D eigenvalue weighted by Gasteiger charge is -2.39. The number of anilines is 1. The number of hydrogen-bond donors (Lipinski definition) is 0. The number of aromatic nitrogens is 1. The van der Waals surface area contributed by atoms with Crippen molar-refractivity contribution >= 4 is 33.3 Å². The second-order valence-corrected chi connectivity index (χ2v) is 8.14. The van der Waals surface area contributed by atoms with Gasteiger partial charge >= 0.3 is 0 Å². The van der Waals surface area contributed by atoms with E-state index in [2.05, 4.69) is 55.0 Å². The average Bonchev–Trinajstić information content (AvgIpc) is 2.98. The quantitative estimate of drug-likeness (QED) is 0.742. The van der Waals surface area contributed by atoms with E-state index in [4.69, 9.17) is 11.6 Å². The zero-order valence-electron chi connectivity index (χ0n) is 13.5. The van der Waals surface area contributed by atoms with Crippen molar-refractivity contribution in [1.29, 1.82) is 0 Å². The molecule has 0 amide bonds. The van der Waals surface area contributed by atoms with Crippen molar-refractivity contribution in [3.05, 3.63) is 57.7 Å². The summed E-state index contributed by atoms with van der Waals surface area (Å²) in [6, 6.07) is 13.3. The van der Waals surface area contributed by atoms with Crippen LogP contribution in [0.1, 0.15) is 18.4 Å². The van der Waals surface area contributed by atoms with E-state index in [0.29, 0.717) is 11.1 Å². The van der Waals surface area contributed by atoms with Gasteiger partial charge in [0.05, 0.1) is 5.02 Å². The number of likely N-dealkylation sites (tertiary alicyclic amines) is 1. The van der Waals surface area contributed by atoms with E-state index in [-0.39, 0.29) is 0 Å². The maximum atomic E-state index is 5.97. The second kappa shape index (κ2) is 7.03. The normalized spacial score (nSPS) is 24.2. The summed E-state index contributed by atoms with van der Waals surface area (Å²) in [5.41, 5.74) is 1.38. The van der Waals surface area contributed by atoms with Crippen LogP contribution in [0.15, 0.2) is 47.1 Å². The predicted octanol–water partition coefficient (Wildman–Crippen LogP) is 4.60.